The predicted molar refractivity (Wildman–Crippen MR) is 189 cm³/mol. The van der Waals surface area contributed by atoms with E-state index in [1.165, 1.54) is 11.1 Å². The third-order valence-corrected chi connectivity index (χ3v) is 9.24. The van der Waals surface area contributed by atoms with Crippen molar-refractivity contribution in [3.05, 3.63) is 157 Å². The Labute approximate surface area is 262 Å². The van der Waals surface area contributed by atoms with Crippen molar-refractivity contribution in [2.45, 2.75) is 19.3 Å². The number of aryl methyl sites for hydroxylation is 2. The SMILES string of the molecule is Oc1ccc2ccccc2c1-c1c(CCCc2ccc3ccccc3c2-c2c(O)ccc3ccccc23)ccc2ccccc12. The van der Waals surface area contributed by atoms with Gasteiger partial charge in [0.2, 0.25) is 0 Å². The number of phenolic OH excluding ortho intramolecular Hbond substituents is 2. The van der Waals surface area contributed by atoms with E-state index in [1.807, 2.05) is 48.5 Å². The van der Waals surface area contributed by atoms with Crippen molar-refractivity contribution >= 4 is 43.1 Å². The zero-order chi connectivity index (χ0) is 30.3. The van der Waals surface area contributed by atoms with Crippen LogP contribution < -0.4 is 0 Å². The Hall–Kier alpha value is -5.60. The van der Waals surface area contributed by atoms with E-state index in [4.69, 9.17) is 0 Å². The fraction of sp³-hybridized carbons (Fsp3) is 0.0698. The highest BCUT2D eigenvalue weighted by atomic mass is 16.3. The second kappa shape index (κ2) is 11.2. The summed E-state index contributed by atoms with van der Waals surface area (Å²) in [5.74, 6) is 0.601. The van der Waals surface area contributed by atoms with Crippen LogP contribution in [0.25, 0.3) is 65.3 Å². The lowest BCUT2D eigenvalue weighted by Gasteiger charge is -2.19. The molecule has 8 aromatic carbocycles. The van der Waals surface area contributed by atoms with E-state index in [0.29, 0.717) is 11.5 Å². The van der Waals surface area contributed by atoms with E-state index in [9.17, 15) is 10.2 Å². The number of phenols is 2. The van der Waals surface area contributed by atoms with Crippen LogP contribution in [0.1, 0.15) is 17.5 Å². The molecular formula is C43H32O2. The molecule has 216 valence electrons. The molecule has 8 rings (SSSR count). The molecule has 0 radical (unpaired) electrons. The first kappa shape index (κ1) is 27.0. The summed E-state index contributed by atoms with van der Waals surface area (Å²) < 4.78 is 0. The summed E-state index contributed by atoms with van der Waals surface area (Å²) in [7, 11) is 0. The zero-order valence-corrected chi connectivity index (χ0v) is 24.9. The van der Waals surface area contributed by atoms with Gasteiger partial charge in [-0.25, -0.2) is 0 Å². The van der Waals surface area contributed by atoms with Gasteiger partial charge in [0.15, 0.2) is 0 Å². The van der Waals surface area contributed by atoms with Gasteiger partial charge in [-0.1, -0.05) is 133 Å². The second-order valence-electron chi connectivity index (χ2n) is 11.9. The summed E-state index contributed by atoms with van der Waals surface area (Å²) in [6, 6.07) is 50.0. The summed E-state index contributed by atoms with van der Waals surface area (Å²) >= 11 is 0. The van der Waals surface area contributed by atoms with Gasteiger partial charge in [-0.3, -0.25) is 0 Å². The third kappa shape index (κ3) is 4.67. The number of fused-ring (bicyclic) bond motifs is 4. The number of benzene rings is 8. The molecule has 45 heavy (non-hydrogen) atoms. The van der Waals surface area contributed by atoms with Gasteiger partial charge in [-0.05, 0) is 96.7 Å². The van der Waals surface area contributed by atoms with Gasteiger partial charge in [-0.2, -0.15) is 0 Å². The van der Waals surface area contributed by atoms with Gasteiger partial charge in [0.1, 0.15) is 11.5 Å². The average molecular weight is 581 g/mol. The molecule has 0 spiro atoms. The average Bonchev–Trinajstić information content (AvgIpc) is 3.08. The smallest absolute Gasteiger partial charge is 0.124 e. The van der Waals surface area contributed by atoms with Crippen molar-refractivity contribution in [2.24, 2.45) is 0 Å². The minimum atomic E-state index is 0.301. The Kier molecular flexibility index (Phi) is 6.69. The second-order valence-corrected chi connectivity index (χ2v) is 11.9. The molecule has 0 amide bonds. The molecule has 0 aliphatic rings. The largest absolute Gasteiger partial charge is 0.507 e. The van der Waals surface area contributed by atoms with Crippen LogP contribution in [0.5, 0.6) is 11.5 Å². The van der Waals surface area contributed by atoms with Crippen molar-refractivity contribution in [3.63, 3.8) is 0 Å². The summed E-state index contributed by atoms with van der Waals surface area (Å²) in [5.41, 5.74) is 6.44. The number of rotatable bonds is 6. The van der Waals surface area contributed by atoms with Gasteiger partial charge in [0.05, 0.1) is 0 Å². The van der Waals surface area contributed by atoms with Crippen LogP contribution in [0.4, 0.5) is 0 Å². The molecule has 0 fully saturated rings. The van der Waals surface area contributed by atoms with Crippen LogP contribution in [0.15, 0.2) is 146 Å². The van der Waals surface area contributed by atoms with E-state index in [0.717, 1.165) is 84.6 Å². The summed E-state index contributed by atoms with van der Waals surface area (Å²) in [4.78, 5) is 0. The lowest BCUT2D eigenvalue weighted by Crippen LogP contribution is -1.98. The number of hydrogen-bond acceptors (Lipinski definition) is 2. The highest BCUT2D eigenvalue weighted by Gasteiger charge is 2.19. The quantitative estimate of drug-likeness (QED) is 0.205. The van der Waals surface area contributed by atoms with Crippen molar-refractivity contribution in [3.8, 4) is 33.8 Å². The molecule has 0 saturated heterocycles. The molecular weight excluding hydrogens is 548 g/mol. The van der Waals surface area contributed by atoms with E-state index >= 15 is 0 Å². The fourth-order valence-electron chi connectivity index (χ4n) is 7.16. The van der Waals surface area contributed by atoms with Crippen molar-refractivity contribution < 1.29 is 10.2 Å². The van der Waals surface area contributed by atoms with E-state index < -0.39 is 0 Å². The van der Waals surface area contributed by atoms with Gasteiger partial charge < -0.3 is 10.2 Å². The maximum atomic E-state index is 11.3. The monoisotopic (exact) mass is 580 g/mol. The van der Waals surface area contributed by atoms with E-state index in [-0.39, 0.29) is 0 Å². The minimum Gasteiger partial charge on any atom is -0.507 e. The maximum Gasteiger partial charge on any atom is 0.124 e. The van der Waals surface area contributed by atoms with Gasteiger partial charge >= 0.3 is 0 Å². The molecule has 0 aliphatic heterocycles. The lowest BCUT2D eigenvalue weighted by atomic mass is 9.86. The molecule has 0 aromatic heterocycles. The highest BCUT2D eigenvalue weighted by molar-refractivity contribution is 6.10. The van der Waals surface area contributed by atoms with Gasteiger partial charge in [0.25, 0.3) is 0 Å². The molecule has 0 heterocycles. The van der Waals surface area contributed by atoms with Crippen LogP contribution in [-0.4, -0.2) is 10.2 Å². The van der Waals surface area contributed by atoms with Gasteiger partial charge in [-0.15, -0.1) is 0 Å². The molecule has 8 aromatic rings. The molecule has 0 atom stereocenters. The Morgan fingerprint density at radius 1 is 0.311 bits per heavy atom. The molecule has 2 N–H and O–H groups in total. The Morgan fingerprint density at radius 2 is 0.622 bits per heavy atom. The molecule has 0 bridgehead atoms. The number of hydrogen-bond donors (Lipinski definition) is 2. The summed E-state index contributed by atoms with van der Waals surface area (Å²) in [6.07, 6.45) is 2.60. The molecule has 2 nitrogen and oxygen atoms in total. The maximum absolute atomic E-state index is 11.3. The van der Waals surface area contributed by atoms with Crippen molar-refractivity contribution in [1.29, 1.82) is 0 Å². The molecule has 0 aliphatic carbocycles. The third-order valence-electron chi connectivity index (χ3n) is 9.24. The Bertz CT molecular complexity index is 2220. The minimum absolute atomic E-state index is 0.301. The predicted octanol–water partition coefficient (Wildman–Crippen LogP) is 11.2. The first-order valence-electron chi connectivity index (χ1n) is 15.6. The lowest BCUT2D eigenvalue weighted by molar-refractivity contribution is 0.477. The summed E-state index contributed by atoms with van der Waals surface area (Å²) in [6.45, 7) is 0. The van der Waals surface area contributed by atoms with E-state index in [2.05, 4.69) is 97.1 Å². The van der Waals surface area contributed by atoms with Gasteiger partial charge in [0, 0.05) is 11.1 Å². The summed E-state index contributed by atoms with van der Waals surface area (Å²) in [5, 5.41) is 31.5. The van der Waals surface area contributed by atoms with E-state index in [1.54, 1.807) is 0 Å². The van der Waals surface area contributed by atoms with Crippen LogP contribution in [-0.2, 0) is 12.8 Å². The topological polar surface area (TPSA) is 40.5 Å². The molecule has 0 unspecified atom stereocenters. The van der Waals surface area contributed by atoms with Crippen LogP contribution >= 0.6 is 0 Å². The number of aromatic hydroxyl groups is 2. The molecule has 2 heteroatoms. The normalized spacial score (nSPS) is 11.6. The zero-order valence-electron chi connectivity index (χ0n) is 24.9. The van der Waals surface area contributed by atoms with Crippen LogP contribution in [0.2, 0.25) is 0 Å². The standard InChI is InChI=1S/C43H32O2/c44-38-26-24-30-12-3-7-18-36(30)42(38)40-32(22-20-28-10-1-5-16-34(28)40)14-9-15-33-23-21-29-11-2-6-17-35(29)41(33)43-37-19-8-4-13-31(37)25-27-39(43)45/h1-8,10-13,16-27,44-45H,9,14-15H2. The highest BCUT2D eigenvalue weighted by Crippen LogP contribution is 2.44. The van der Waals surface area contributed by atoms with Crippen LogP contribution in [0.3, 0.4) is 0 Å². The molecule has 0 saturated carbocycles. The van der Waals surface area contributed by atoms with Crippen molar-refractivity contribution in [2.75, 3.05) is 0 Å². The Balaban J connectivity index is 1.25. The Morgan fingerprint density at radius 3 is 1.00 bits per heavy atom. The fourth-order valence-corrected chi connectivity index (χ4v) is 7.16. The van der Waals surface area contributed by atoms with Crippen LogP contribution in [0, 0.1) is 0 Å². The van der Waals surface area contributed by atoms with Crippen molar-refractivity contribution in [1.82, 2.24) is 0 Å². The first-order valence-corrected chi connectivity index (χ1v) is 15.6. The first-order chi connectivity index (χ1) is 22.2.